The molecule has 168 valence electrons. The zero-order valence-electron chi connectivity index (χ0n) is 18.7. The van der Waals surface area contributed by atoms with Crippen LogP contribution in [0.4, 0.5) is 0 Å². The van der Waals surface area contributed by atoms with Crippen LogP contribution in [0.2, 0.25) is 0 Å². The quantitative estimate of drug-likeness (QED) is 0.603. The van der Waals surface area contributed by atoms with Crippen LogP contribution in [0.15, 0.2) is 66.7 Å². The highest BCUT2D eigenvalue weighted by Crippen LogP contribution is 2.42. The Morgan fingerprint density at radius 3 is 2.36 bits per heavy atom. The van der Waals surface area contributed by atoms with Crippen molar-refractivity contribution in [3.05, 3.63) is 94.5 Å². The number of hydrogen-bond donors (Lipinski definition) is 1. The average molecular weight is 442 g/mol. The molecule has 0 amide bonds. The first-order chi connectivity index (χ1) is 16.1. The third kappa shape index (κ3) is 4.53. The lowest BCUT2D eigenvalue weighted by atomic mass is 9.99. The van der Waals surface area contributed by atoms with Gasteiger partial charge in [0.05, 0.1) is 11.1 Å². The van der Waals surface area contributed by atoms with Crippen molar-refractivity contribution in [1.82, 2.24) is 14.8 Å². The fourth-order valence-corrected chi connectivity index (χ4v) is 4.51. The molecule has 5 rings (SSSR count). The Morgan fingerprint density at radius 2 is 1.67 bits per heavy atom. The van der Waals surface area contributed by atoms with Crippen molar-refractivity contribution in [1.29, 1.82) is 0 Å². The summed E-state index contributed by atoms with van der Waals surface area (Å²) in [5.41, 5.74) is 4.12. The second kappa shape index (κ2) is 9.17. The zero-order chi connectivity index (χ0) is 22.8. The van der Waals surface area contributed by atoms with Crippen molar-refractivity contribution in [3.63, 3.8) is 0 Å². The van der Waals surface area contributed by atoms with Gasteiger partial charge < -0.3 is 9.84 Å². The molecule has 2 aliphatic heterocycles. The molecule has 0 bridgehead atoms. The van der Waals surface area contributed by atoms with Gasteiger partial charge in [0.15, 0.2) is 5.76 Å². The van der Waals surface area contributed by atoms with Gasteiger partial charge in [-0.3, -0.25) is 19.6 Å². The Labute approximate surface area is 193 Å². The molecule has 0 radical (unpaired) electrons. The molecule has 6 nitrogen and oxygen atoms in total. The number of aryl methyl sites for hydroxylation is 1. The standard InChI is InChI=1S/C27H27N3O3/c1-19-15-23(31)22(18-30-13-11-29(12-14-30)17-21-5-3-2-4-6-21)27-25(19)26(32)24(33-27)16-20-7-9-28-10-8-20/h2-10,15-16,31H,11-14,17-18H2,1H3/b24-16-. The third-order valence-corrected chi connectivity index (χ3v) is 6.32. The van der Waals surface area contributed by atoms with E-state index in [2.05, 4.69) is 39.0 Å². The molecule has 1 aromatic heterocycles. The number of aromatic hydroxyl groups is 1. The summed E-state index contributed by atoms with van der Waals surface area (Å²) in [7, 11) is 0. The molecule has 0 unspecified atom stereocenters. The van der Waals surface area contributed by atoms with E-state index in [0.717, 1.165) is 43.9 Å². The van der Waals surface area contributed by atoms with Gasteiger partial charge in [-0.05, 0) is 47.9 Å². The number of hydrogen-bond acceptors (Lipinski definition) is 6. The molecule has 3 heterocycles. The number of Topliss-reactive ketones (excluding diaryl/α,β-unsaturated/α-hetero) is 1. The number of piperazine rings is 1. The van der Waals surface area contributed by atoms with Gasteiger partial charge in [0.25, 0.3) is 0 Å². The van der Waals surface area contributed by atoms with Crippen LogP contribution < -0.4 is 4.74 Å². The number of pyridine rings is 1. The predicted octanol–water partition coefficient (Wildman–Crippen LogP) is 4.03. The van der Waals surface area contributed by atoms with E-state index in [0.29, 0.717) is 23.4 Å². The van der Waals surface area contributed by atoms with Crippen LogP contribution in [-0.2, 0) is 13.1 Å². The third-order valence-electron chi connectivity index (χ3n) is 6.32. The smallest absolute Gasteiger partial charge is 0.232 e. The molecule has 0 atom stereocenters. The normalized spacial score (nSPS) is 17.8. The summed E-state index contributed by atoms with van der Waals surface area (Å²) in [6.07, 6.45) is 5.09. The molecule has 0 saturated carbocycles. The number of allylic oxidation sites excluding steroid dienone is 1. The molecule has 3 aromatic rings. The number of carbonyl (C=O) groups is 1. The van der Waals surface area contributed by atoms with E-state index in [-0.39, 0.29) is 17.3 Å². The van der Waals surface area contributed by atoms with Gasteiger partial charge in [0.2, 0.25) is 5.78 Å². The monoisotopic (exact) mass is 441 g/mol. The van der Waals surface area contributed by atoms with Crippen LogP contribution in [0.3, 0.4) is 0 Å². The van der Waals surface area contributed by atoms with Gasteiger partial charge in [0.1, 0.15) is 11.5 Å². The van der Waals surface area contributed by atoms with Crippen molar-refractivity contribution in [2.24, 2.45) is 0 Å². The van der Waals surface area contributed by atoms with E-state index < -0.39 is 0 Å². The largest absolute Gasteiger partial charge is 0.507 e. The Morgan fingerprint density at radius 1 is 1.00 bits per heavy atom. The Bertz CT molecular complexity index is 1180. The van der Waals surface area contributed by atoms with Gasteiger partial charge in [-0.25, -0.2) is 0 Å². The molecule has 0 spiro atoms. The zero-order valence-corrected chi connectivity index (χ0v) is 18.7. The van der Waals surface area contributed by atoms with Gasteiger partial charge in [-0.1, -0.05) is 30.3 Å². The molecule has 1 fully saturated rings. The van der Waals surface area contributed by atoms with E-state index in [1.165, 1.54) is 5.56 Å². The predicted molar refractivity (Wildman–Crippen MR) is 127 cm³/mol. The minimum atomic E-state index is -0.145. The van der Waals surface area contributed by atoms with E-state index in [1.807, 2.05) is 25.1 Å². The number of ether oxygens (including phenoxy) is 1. The molecule has 33 heavy (non-hydrogen) atoms. The number of carbonyl (C=O) groups excluding carboxylic acids is 1. The molecule has 1 N–H and O–H groups in total. The number of phenols is 1. The number of nitrogens with zero attached hydrogens (tertiary/aromatic N) is 3. The highest BCUT2D eigenvalue weighted by Gasteiger charge is 2.34. The first-order valence-corrected chi connectivity index (χ1v) is 11.3. The first-order valence-electron chi connectivity index (χ1n) is 11.3. The number of fused-ring (bicyclic) bond motifs is 1. The maximum Gasteiger partial charge on any atom is 0.232 e. The van der Waals surface area contributed by atoms with Crippen molar-refractivity contribution < 1.29 is 14.6 Å². The molecule has 0 aliphatic carbocycles. The number of ketones is 1. The van der Waals surface area contributed by atoms with E-state index in [1.54, 1.807) is 24.5 Å². The molecule has 2 aromatic carbocycles. The van der Waals surface area contributed by atoms with Crippen LogP contribution in [0, 0.1) is 6.92 Å². The average Bonchev–Trinajstić information content (AvgIpc) is 3.15. The van der Waals surface area contributed by atoms with Gasteiger partial charge in [-0.2, -0.15) is 0 Å². The topological polar surface area (TPSA) is 65.9 Å². The van der Waals surface area contributed by atoms with Crippen molar-refractivity contribution in [3.8, 4) is 11.5 Å². The van der Waals surface area contributed by atoms with Crippen molar-refractivity contribution in [2.45, 2.75) is 20.0 Å². The molecular formula is C27H27N3O3. The highest BCUT2D eigenvalue weighted by molar-refractivity contribution is 6.15. The summed E-state index contributed by atoms with van der Waals surface area (Å²) in [5, 5.41) is 10.7. The highest BCUT2D eigenvalue weighted by atomic mass is 16.5. The first kappa shape index (κ1) is 21.4. The number of benzene rings is 2. The van der Waals surface area contributed by atoms with Gasteiger partial charge in [0, 0.05) is 51.7 Å². The number of aromatic nitrogens is 1. The SMILES string of the molecule is Cc1cc(O)c(CN2CCN(Cc3ccccc3)CC2)c2c1C(=O)/C(=C/c1ccncc1)O2. The maximum absolute atomic E-state index is 13.1. The lowest BCUT2D eigenvalue weighted by molar-refractivity contribution is 0.101. The Hall–Kier alpha value is -3.48. The van der Waals surface area contributed by atoms with Crippen LogP contribution in [0.5, 0.6) is 11.5 Å². The fraction of sp³-hybridized carbons (Fsp3) is 0.259. The molecule has 2 aliphatic rings. The summed E-state index contributed by atoms with van der Waals surface area (Å²) < 4.78 is 6.05. The van der Waals surface area contributed by atoms with Crippen molar-refractivity contribution in [2.75, 3.05) is 26.2 Å². The van der Waals surface area contributed by atoms with Crippen LogP contribution in [0.1, 0.15) is 32.6 Å². The molecule has 1 saturated heterocycles. The summed E-state index contributed by atoms with van der Waals surface area (Å²) in [6, 6.07) is 15.8. The summed E-state index contributed by atoms with van der Waals surface area (Å²) in [5.74, 6) is 0.799. The van der Waals surface area contributed by atoms with Crippen LogP contribution in [0.25, 0.3) is 6.08 Å². The number of phenolic OH excluding ortho intramolecular Hbond substituents is 1. The lowest BCUT2D eigenvalue weighted by Crippen LogP contribution is -2.45. The van der Waals surface area contributed by atoms with Crippen LogP contribution in [-0.4, -0.2) is 51.9 Å². The Balaban J connectivity index is 1.32. The summed E-state index contributed by atoms with van der Waals surface area (Å²) in [6.45, 7) is 7.02. The van der Waals surface area contributed by atoms with E-state index >= 15 is 0 Å². The van der Waals surface area contributed by atoms with E-state index in [4.69, 9.17) is 4.74 Å². The minimum Gasteiger partial charge on any atom is -0.507 e. The molecular weight excluding hydrogens is 414 g/mol. The van der Waals surface area contributed by atoms with Crippen molar-refractivity contribution >= 4 is 11.9 Å². The minimum absolute atomic E-state index is 0.145. The fourth-order valence-electron chi connectivity index (χ4n) is 4.51. The maximum atomic E-state index is 13.1. The Kier molecular flexibility index (Phi) is 5.94. The van der Waals surface area contributed by atoms with E-state index in [9.17, 15) is 9.90 Å². The van der Waals surface area contributed by atoms with Gasteiger partial charge in [-0.15, -0.1) is 0 Å². The van der Waals surface area contributed by atoms with Gasteiger partial charge >= 0.3 is 0 Å². The van der Waals surface area contributed by atoms with Crippen LogP contribution >= 0.6 is 0 Å². The second-order valence-electron chi connectivity index (χ2n) is 8.65. The molecule has 6 heteroatoms. The summed E-state index contributed by atoms with van der Waals surface area (Å²) in [4.78, 5) is 21.9. The number of rotatable bonds is 5. The second-order valence-corrected chi connectivity index (χ2v) is 8.65. The lowest BCUT2D eigenvalue weighted by Gasteiger charge is -2.35. The summed E-state index contributed by atoms with van der Waals surface area (Å²) >= 11 is 0.